The smallest absolute Gasteiger partial charge is 0.253 e. The summed E-state index contributed by atoms with van der Waals surface area (Å²) in [5.41, 5.74) is 1.71. The molecule has 2 aromatic rings. The Balaban J connectivity index is 1.57. The highest BCUT2D eigenvalue weighted by atomic mass is 32.1. The number of amides is 2. The summed E-state index contributed by atoms with van der Waals surface area (Å²) in [4.78, 5) is 31.9. The lowest BCUT2D eigenvalue weighted by Crippen LogP contribution is -2.43. The molecule has 1 aromatic carbocycles. The Morgan fingerprint density at radius 2 is 1.89 bits per heavy atom. The van der Waals surface area contributed by atoms with E-state index in [0.29, 0.717) is 37.4 Å². The van der Waals surface area contributed by atoms with E-state index < -0.39 is 0 Å². The zero-order chi connectivity index (χ0) is 20.1. The van der Waals surface area contributed by atoms with Gasteiger partial charge < -0.3 is 10.2 Å². The van der Waals surface area contributed by atoms with E-state index >= 15 is 0 Å². The van der Waals surface area contributed by atoms with Gasteiger partial charge in [-0.1, -0.05) is 32.0 Å². The average molecular weight is 400 g/mol. The predicted molar refractivity (Wildman–Crippen MR) is 112 cm³/mol. The van der Waals surface area contributed by atoms with Crippen molar-refractivity contribution in [2.45, 2.75) is 46.1 Å². The van der Waals surface area contributed by atoms with Crippen LogP contribution in [0.15, 0.2) is 35.7 Å². The monoisotopic (exact) mass is 399 g/mol. The maximum absolute atomic E-state index is 12.9. The van der Waals surface area contributed by atoms with Gasteiger partial charge in [0.25, 0.3) is 5.91 Å². The summed E-state index contributed by atoms with van der Waals surface area (Å²) in [6.07, 6.45) is 2.29. The lowest BCUT2D eigenvalue weighted by Gasteiger charge is -2.32. The number of rotatable bonds is 6. The van der Waals surface area contributed by atoms with E-state index in [4.69, 9.17) is 0 Å². The van der Waals surface area contributed by atoms with Crippen molar-refractivity contribution < 1.29 is 9.59 Å². The number of aryl methyl sites for hydroxylation is 1. The first kappa shape index (κ1) is 20.5. The Hall–Kier alpha value is -2.21. The van der Waals surface area contributed by atoms with Crippen LogP contribution in [0, 0.1) is 18.8 Å². The lowest BCUT2D eigenvalue weighted by molar-refractivity contribution is -0.127. The number of carbonyl (C=O) groups excluding carboxylic acids is 2. The summed E-state index contributed by atoms with van der Waals surface area (Å²) < 4.78 is 0. The molecule has 5 nitrogen and oxygen atoms in total. The molecule has 0 radical (unpaired) electrons. The molecule has 3 rings (SSSR count). The number of piperidine rings is 1. The van der Waals surface area contributed by atoms with Crippen LogP contribution in [0.25, 0.3) is 0 Å². The van der Waals surface area contributed by atoms with Crippen LogP contribution in [-0.2, 0) is 4.79 Å². The van der Waals surface area contributed by atoms with E-state index in [2.05, 4.69) is 24.1 Å². The van der Waals surface area contributed by atoms with Crippen LogP contribution in [0.5, 0.6) is 0 Å². The number of hydrogen-bond donors (Lipinski definition) is 1. The van der Waals surface area contributed by atoms with Gasteiger partial charge in [0, 0.05) is 35.6 Å². The van der Waals surface area contributed by atoms with Crippen molar-refractivity contribution in [2.24, 2.45) is 11.8 Å². The number of likely N-dealkylation sites (tertiary alicyclic amines) is 1. The summed E-state index contributed by atoms with van der Waals surface area (Å²) in [7, 11) is 0. The summed E-state index contributed by atoms with van der Waals surface area (Å²) >= 11 is 1.61. The Bertz CT molecular complexity index is 795. The SMILES string of the molecule is Cc1csc(C(CC(C)C)NC(=O)C2CCN(C(=O)c3ccccc3)CC2)n1. The number of thiazole rings is 1. The maximum Gasteiger partial charge on any atom is 0.253 e. The highest BCUT2D eigenvalue weighted by molar-refractivity contribution is 7.09. The van der Waals surface area contributed by atoms with Crippen LogP contribution in [-0.4, -0.2) is 34.8 Å². The lowest BCUT2D eigenvalue weighted by atomic mass is 9.94. The molecule has 2 amide bonds. The van der Waals surface area contributed by atoms with E-state index in [-0.39, 0.29) is 23.8 Å². The highest BCUT2D eigenvalue weighted by Crippen LogP contribution is 2.26. The first-order valence-corrected chi connectivity index (χ1v) is 10.9. The second kappa shape index (κ2) is 9.32. The van der Waals surface area contributed by atoms with Gasteiger partial charge in [-0.05, 0) is 44.2 Å². The zero-order valence-corrected chi connectivity index (χ0v) is 17.7. The summed E-state index contributed by atoms with van der Waals surface area (Å²) in [6, 6.07) is 9.31. The molecule has 1 aliphatic heterocycles. The Morgan fingerprint density at radius 1 is 1.21 bits per heavy atom. The van der Waals surface area contributed by atoms with Crippen molar-refractivity contribution in [1.29, 1.82) is 0 Å². The van der Waals surface area contributed by atoms with E-state index in [1.54, 1.807) is 11.3 Å². The number of aromatic nitrogens is 1. The van der Waals surface area contributed by atoms with Crippen LogP contribution in [0.4, 0.5) is 0 Å². The van der Waals surface area contributed by atoms with Crippen LogP contribution < -0.4 is 5.32 Å². The molecule has 150 valence electrons. The molecule has 1 N–H and O–H groups in total. The molecule has 0 spiro atoms. The number of carbonyl (C=O) groups is 2. The van der Waals surface area contributed by atoms with Gasteiger partial charge in [-0.2, -0.15) is 0 Å². The van der Waals surface area contributed by atoms with Crippen molar-refractivity contribution in [3.05, 3.63) is 52.0 Å². The van der Waals surface area contributed by atoms with Crippen molar-refractivity contribution in [3.8, 4) is 0 Å². The van der Waals surface area contributed by atoms with Gasteiger partial charge in [0.05, 0.1) is 6.04 Å². The van der Waals surface area contributed by atoms with Gasteiger partial charge in [0.1, 0.15) is 5.01 Å². The normalized spacial score (nSPS) is 16.2. The topological polar surface area (TPSA) is 62.3 Å². The van der Waals surface area contributed by atoms with E-state index in [0.717, 1.165) is 17.1 Å². The fraction of sp³-hybridized carbons (Fsp3) is 0.500. The number of nitrogens with one attached hydrogen (secondary N) is 1. The van der Waals surface area contributed by atoms with Crippen molar-refractivity contribution >= 4 is 23.2 Å². The minimum Gasteiger partial charge on any atom is -0.347 e. The first-order valence-electron chi connectivity index (χ1n) is 10.0. The Labute approximate surface area is 171 Å². The molecule has 0 bridgehead atoms. The fourth-order valence-corrected chi connectivity index (χ4v) is 4.48. The molecular weight excluding hydrogens is 370 g/mol. The minimum atomic E-state index is -0.0458. The number of hydrogen-bond acceptors (Lipinski definition) is 4. The maximum atomic E-state index is 12.9. The second-order valence-electron chi connectivity index (χ2n) is 7.95. The molecule has 1 atom stereocenters. The Morgan fingerprint density at radius 3 is 2.46 bits per heavy atom. The van der Waals surface area contributed by atoms with E-state index in [1.807, 2.05) is 47.5 Å². The fourth-order valence-electron chi connectivity index (χ4n) is 3.62. The van der Waals surface area contributed by atoms with Crippen molar-refractivity contribution in [1.82, 2.24) is 15.2 Å². The average Bonchev–Trinajstić information content (AvgIpc) is 3.13. The predicted octanol–water partition coefficient (Wildman–Crippen LogP) is 4.21. The molecule has 28 heavy (non-hydrogen) atoms. The summed E-state index contributed by atoms with van der Waals surface area (Å²) in [5, 5.41) is 6.24. The molecule has 1 saturated heterocycles. The van der Waals surface area contributed by atoms with E-state index in [9.17, 15) is 9.59 Å². The first-order chi connectivity index (χ1) is 13.4. The van der Waals surface area contributed by atoms with Gasteiger partial charge in [-0.25, -0.2) is 4.98 Å². The molecule has 6 heteroatoms. The molecule has 1 fully saturated rings. The molecule has 1 aliphatic rings. The van der Waals surface area contributed by atoms with Gasteiger partial charge in [-0.3, -0.25) is 9.59 Å². The molecular formula is C22H29N3O2S. The van der Waals surface area contributed by atoms with Crippen LogP contribution >= 0.6 is 11.3 Å². The third-order valence-electron chi connectivity index (χ3n) is 5.13. The third kappa shape index (κ3) is 5.19. The molecule has 1 aromatic heterocycles. The molecule has 1 unspecified atom stereocenters. The van der Waals surface area contributed by atoms with Crippen LogP contribution in [0.2, 0.25) is 0 Å². The summed E-state index contributed by atoms with van der Waals surface area (Å²) in [6.45, 7) is 7.54. The number of nitrogens with zero attached hydrogens (tertiary/aromatic N) is 2. The second-order valence-corrected chi connectivity index (χ2v) is 8.84. The van der Waals surface area contributed by atoms with Crippen LogP contribution in [0.3, 0.4) is 0 Å². The number of benzene rings is 1. The quantitative estimate of drug-likeness (QED) is 0.791. The van der Waals surface area contributed by atoms with Gasteiger partial charge >= 0.3 is 0 Å². The largest absolute Gasteiger partial charge is 0.347 e. The summed E-state index contributed by atoms with van der Waals surface area (Å²) in [5.74, 6) is 0.566. The van der Waals surface area contributed by atoms with Gasteiger partial charge in [0.15, 0.2) is 0 Å². The zero-order valence-electron chi connectivity index (χ0n) is 16.9. The minimum absolute atomic E-state index is 0.0322. The standard InChI is InChI=1S/C22H29N3O2S/c1-15(2)13-19(21-23-16(3)14-28-21)24-20(26)17-9-11-25(12-10-17)22(27)18-7-5-4-6-8-18/h4-8,14-15,17,19H,9-13H2,1-3H3,(H,24,26). The highest BCUT2D eigenvalue weighted by Gasteiger charge is 2.30. The van der Waals surface area contributed by atoms with Crippen LogP contribution in [0.1, 0.15) is 60.2 Å². The van der Waals surface area contributed by atoms with Crippen molar-refractivity contribution in [3.63, 3.8) is 0 Å². The molecule has 0 saturated carbocycles. The molecule has 2 heterocycles. The van der Waals surface area contributed by atoms with E-state index in [1.165, 1.54) is 0 Å². The van der Waals surface area contributed by atoms with Crippen molar-refractivity contribution in [2.75, 3.05) is 13.1 Å². The third-order valence-corrected chi connectivity index (χ3v) is 6.21. The van der Waals surface area contributed by atoms with Gasteiger partial charge in [-0.15, -0.1) is 11.3 Å². The molecule has 0 aliphatic carbocycles. The Kier molecular flexibility index (Phi) is 6.83. The van der Waals surface area contributed by atoms with Gasteiger partial charge in [0.2, 0.25) is 5.91 Å².